The lowest BCUT2D eigenvalue weighted by molar-refractivity contribution is 0.0996. The van der Waals surface area contributed by atoms with Crippen LogP contribution in [0.15, 0.2) is 10.7 Å². The Balaban J connectivity index is 2.00. The maximum Gasteiger partial charge on any atom is 0.135 e. The molecule has 0 amide bonds. The first kappa shape index (κ1) is 14.1. The number of rotatable bonds is 6. The van der Waals surface area contributed by atoms with Crippen LogP contribution in [0.5, 0.6) is 0 Å². The third kappa shape index (κ3) is 4.10. The average Bonchev–Trinajstić information content (AvgIpc) is 3.09. The topological polar surface area (TPSA) is 58.0 Å². The molecular formula is C12H18BrN3OS. The number of thioether (sulfide) groups is 1. The summed E-state index contributed by atoms with van der Waals surface area (Å²) in [5.74, 6) is 2.90. The number of nitrogens with zero attached hydrogens (tertiary/aromatic N) is 2. The lowest BCUT2D eigenvalue weighted by Crippen LogP contribution is -2.36. The molecule has 6 heteroatoms. The lowest BCUT2D eigenvalue weighted by atomic mass is 10.1. The van der Waals surface area contributed by atoms with E-state index in [0.29, 0.717) is 18.2 Å². The molecule has 1 unspecified atom stereocenters. The molecule has 0 bridgehead atoms. The largest absolute Gasteiger partial charge is 0.387 e. The van der Waals surface area contributed by atoms with Gasteiger partial charge in [0.05, 0.1) is 5.60 Å². The molecule has 2 N–H and O–H groups in total. The maximum absolute atomic E-state index is 10.1. The van der Waals surface area contributed by atoms with Crippen molar-refractivity contribution < 1.29 is 5.11 Å². The smallest absolute Gasteiger partial charge is 0.135 e. The van der Waals surface area contributed by atoms with Gasteiger partial charge < -0.3 is 10.4 Å². The molecule has 1 saturated carbocycles. The molecule has 1 heterocycles. The number of hydrogen-bond acceptors (Lipinski definition) is 5. The minimum Gasteiger partial charge on any atom is -0.387 e. The van der Waals surface area contributed by atoms with Gasteiger partial charge >= 0.3 is 0 Å². The molecule has 0 aromatic carbocycles. The summed E-state index contributed by atoms with van der Waals surface area (Å²) < 4.78 is 0.798. The fourth-order valence-electron chi connectivity index (χ4n) is 1.69. The summed E-state index contributed by atoms with van der Waals surface area (Å²) in [5.41, 5.74) is -0.726. The van der Waals surface area contributed by atoms with Gasteiger partial charge in [0, 0.05) is 24.3 Å². The van der Waals surface area contributed by atoms with Crippen molar-refractivity contribution in [3.05, 3.63) is 16.5 Å². The Kier molecular flexibility index (Phi) is 4.50. The molecule has 18 heavy (non-hydrogen) atoms. The Bertz CT molecular complexity index is 424. The van der Waals surface area contributed by atoms with Crippen LogP contribution in [0.25, 0.3) is 0 Å². The van der Waals surface area contributed by atoms with Crippen molar-refractivity contribution in [1.82, 2.24) is 9.97 Å². The molecule has 2 rings (SSSR count). The molecular weight excluding hydrogens is 314 g/mol. The summed E-state index contributed by atoms with van der Waals surface area (Å²) in [6, 6.07) is 1.85. The number of nitrogens with one attached hydrogen (secondary N) is 1. The normalized spacial score (nSPS) is 18.4. The first-order valence-electron chi connectivity index (χ1n) is 6.00. The van der Waals surface area contributed by atoms with E-state index in [0.717, 1.165) is 16.2 Å². The van der Waals surface area contributed by atoms with Crippen molar-refractivity contribution in [1.29, 1.82) is 0 Å². The SMILES string of the molecule is CSCC(C)(O)CNc1cc(Br)nc(C2CC2)n1. The summed E-state index contributed by atoms with van der Waals surface area (Å²) in [6.07, 6.45) is 4.35. The van der Waals surface area contributed by atoms with E-state index in [1.165, 1.54) is 12.8 Å². The Morgan fingerprint density at radius 3 is 2.89 bits per heavy atom. The second kappa shape index (κ2) is 5.75. The van der Waals surface area contributed by atoms with Crippen LogP contribution < -0.4 is 5.32 Å². The number of hydrogen-bond donors (Lipinski definition) is 2. The predicted molar refractivity (Wildman–Crippen MR) is 79.2 cm³/mol. The van der Waals surface area contributed by atoms with E-state index in [4.69, 9.17) is 0 Å². The summed E-state index contributed by atoms with van der Waals surface area (Å²) in [7, 11) is 0. The monoisotopic (exact) mass is 331 g/mol. The molecule has 0 radical (unpaired) electrons. The molecule has 100 valence electrons. The molecule has 1 aliphatic rings. The van der Waals surface area contributed by atoms with E-state index < -0.39 is 5.60 Å². The third-order valence-electron chi connectivity index (χ3n) is 2.76. The highest BCUT2D eigenvalue weighted by Gasteiger charge is 2.27. The molecule has 1 atom stereocenters. The fraction of sp³-hybridized carbons (Fsp3) is 0.667. The van der Waals surface area contributed by atoms with Crippen LogP contribution in [0.2, 0.25) is 0 Å². The van der Waals surface area contributed by atoms with Gasteiger partial charge in [-0.3, -0.25) is 0 Å². The van der Waals surface area contributed by atoms with Crippen LogP contribution >= 0.6 is 27.7 Å². The summed E-state index contributed by atoms with van der Waals surface area (Å²) >= 11 is 5.04. The minimum absolute atomic E-state index is 0.488. The third-order valence-corrected chi connectivity index (χ3v) is 4.08. The molecule has 0 saturated heterocycles. The van der Waals surface area contributed by atoms with Gasteiger partial charge in [-0.15, -0.1) is 0 Å². The van der Waals surface area contributed by atoms with E-state index >= 15 is 0 Å². The van der Waals surface area contributed by atoms with Crippen LogP contribution in [-0.4, -0.2) is 39.2 Å². The highest BCUT2D eigenvalue weighted by Crippen LogP contribution is 2.38. The van der Waals surface area contributed by atoms with E-state index in [-0.39, 0.29) is 0 Å². The van der Waals surface area contributed by atoms with Crippen molar-refractivity contribution in [2.75, 3.05) is 23.9 Å². The van der Waals surface area contributed by atoms with Gasteiger partial charge in [-0.05, 0) is 42.0 Å². The van der Waals surface area contributed by atoms with E-state index in [9.17, 15) is 5.11 Å². The number of aliphatic hydroxyl groups is 1. The zero-order valence-electron chi connectivity index (χ0n) is 10.6. The van der Waals surface area contributed by atoms with Gasteiger partial charge in [-0.2, -0.15) is 11.8 Å². The zero-order chi connectivity index (χ0) is 13.2. The Morgan fingerprint density at radius 2 is 2.28 bits per heavy atom. The molecule has 1 fully saturated rings. The quantitative estimate of drug-likeness (QED) is 0.785. The van der Waals surface area contributed by atoms with Crippen molar-refractivity contribution in [3.63, 3.8) is 0 Å². The van der Waals surface area contributed by atoms with Crippen molar-refractivity contribution in [2.24, 2.45) is 0 Å². The standard InChI is InChI=1S/C12H18BrN3OS/c1-12(17,7-18-2)6-14-10-5-9(13)15-11(16-10)8-3-4-8/h5,8,17H,3-4,6-7H2,1-2H3,(H,14,15,16). The van der Waals surface area contributed by atoms with Crippen molar-refractivity contribution in [3.8, 4) is 0 Å². The van der Waals surface area contributed by atoms with E-state index in [2.05, 4.69) is 31.2 Å². The summed E-state index contributed by atoms with van der Waals surface area (Å²) in [4.78, 5) is 8.86. The van der Waals surface area contributed by atoms with Crippen LogP contribution in [0.1, 0.15) is 31.5 Å². The van der Waals surface area contributed by atoms with Crippen LogP contribution in [0.4, 0.5) is 5.82 Å². The fourth-order valence-corrected chi connectivity index (χ4v) is 2.82. The van der Waals surface area contributed by atoms with Gasteiger partial charge in [-0.1, -0.05) is 0 Å². The Hall–Kier alpha value is -0.330. The highest BCUT2D eigenvalue weighted by atomic mass is 79.9. The molecule has 0 spiro atoms. The van der Waals surface area contributed by atoms with Gasteiger partial charge in [-0.25, -0.2) is 9.97 Å². The first-order chi connectivity index (χ1) is 8.50. The lowest BCUT2D eigenvalue weighted by Gasteiger charge is -2.22. The predicted octanol–water partition coefficient (Wildman–Crippen LogP) is 2.64. The van der Waals surface area contributed by atoms with Crippen LogP contribution in [-0.2, 0) is 0 Å². The van der Waals surface area contributed by atoms with E-state index in [1.54, 1.807) is 11.8 Å². The molecule has 4 nitrogen and oxygen atoms in total. The van der Waals surface area contributed by atoms with Crippen molar-refractivity contribution >= 4 is 33.5 Å². The van der Waals surface area contributed by atoms with Crippen molar-refractivity contribution in [2.45, 2.75) is 31.3 Å². The van der Waals surface area contributed by atoms with Crippen LogP contribution in [0.3, 0.4) is 0 Å². The van der Waals surface area contributed by atoms with Gasteiger partial charge in [0.25, 0.3) is 0 Å². The Labute approximate surface area is 120 Å². The second-order valence-electron chi connectivity index (χ2n) is 4.99. The second-order valence-corrected chi connectivity index (χ2v) is 6.67. The Morgan fingerprint density at radius 1 is 1.56 bits per heavy atom. The van der Waals surface area contributed by atoms with Gasteiger partial charge in [0.1, 0.15) is 16.2 Å². The molecule has 0 aliphatic heterocycles. The van der Waals surface area contributed by atoms with Gasteiger partial charge in [0.15, 0.2) is 0 Å². The summed E-state index contributed by atoms with van der Waals surface area (Å²) in [5, 5.41) is 13.3. The van der Waals surface area contributed by atoms with Crippen LogP contribution in [0, 0.1) is 0 Å². The average molecular weight is 332 g/mol. The number of anilines is 1. The molecule has 1 aromatic heterocycles. The summed E-state index contributed by atoms with van der Waals surface area (Å²) in [6.45, 7) is 2.32. The van der Waals surface area contributed by atoms with Gasteiger partial charge in [0.2, 0.25) is 0 Å². The van der Waals surface area contributed by atoms with E-state index in [1.807, 2.05) is 19.2 Å². The zero-order valence-corrected chi connectivity index (χ0v) is 13.0. The molecule has 1 aliphatic carbocycles. The number of aromatic nitrogens is 2. The maximum atomic E-state index is 10.1. The number of halogens is 1. The highest BCUT2D eigenvalue weighted by molar-refractivity contribution is 9.10. The molecule has 1 aromatic rings. The first-order valence-corrected chi connectivity index (χ1v) is 8.18. The minimum atomic E-state index is -0.726.